The quantitative estimate of drug-likeness (QED) is 0.867. The highest BCUT2D eigenvalue weighted by Gasteiger charge is 2.09. The fourth-order valence-corrected chi connectivity index (χ4v) is 2.05. The normalized spacial score (nSPS) is 17.6. The topological polar surface area (TPSA) is 28.2 Å². The van der Waals surface area contributed by atoms with Gasteiger partial charge in [-0.25, -0.2) is 0 Å². The molecule has 2 heterocycles. The molecule has 0 spiro atoms. The van der Waals surface area contributed by atoms with E-state index in [2.05, 4.69) is 15.2 Å². The number of rotatable bonds is 3. The molecule has 1 N–H and O–H groups in total. The molecule has 1 aromatic rings. The second kappa shape index (κ2) is 5.62. The maximum Gasteiger partial charge on any atom is 0.0618 e. The molecule has 16 heavy (non-hydrogen) atoms. The third-order valence-electron chi connectivity index (χ3n) is 2.97. The zero-order valence-electron chi connectivity index (χ0n) is 9.67. The molecule has 0 bridgehead atoms. The van der Waals surface area contributed by atoms with Gasteiger partial charge in [-0.3, -0.25) is 4.98 Å². The van der Waals surface area contributed by atoms with E-state index in [0.717, 1.165) is 55.6 Å². The summed E-state index contributed by atoms with van der Waals surface area (Å²) in [5.41, 5.74) is 2.07. The molecule has 88 valence electrons. The number of hydrogen-bond donors (Lipinski definition) is 1. The number of aromatic nitrogens is 1. The summed E-state index contributed by atoms with van der Waals surface area (Å²) in [6.07, 6.45) is 1.01. The second-order valence-corrected chi connectivity index (χ2v) is 4.62. The van der Waals surface area contributed by atoms with E-state index < -0.39 is 0 Å². The van der Waals surface area contributed by atoms with E-state index in [1.165, 1.54) is 0 Å². The van der Waals surface area contributed by atoms with E-state index in [1.807, 2.05) is 19.1 Å². The third kappa shape index (κ3) is 3.17. The molecule has 1 saturated heterocycles. The highest BCUT2D eigenvalue weighted by atomic mass is 35.5. The van der Waals surface area contributed by atoms with Gasteiger partial charge in [0.25, 0.3) is 0 Å². The molecular weight excluding hydrogens is 222 g/mol. The number of piperazine rings is 1. The van der Waals surface area contributed by atoms with Crippen LogP contribution in [0.2, 0.25) is 5.02 Å². The van der Waals surface area contributed by atoms with Gasteiger partial charge in [0, 0.05) is 44.8 Å². The molecule has 0 aromatic carbocycles. The monoisotopic (exact) mass is 239 g/mol. The van der Waals surface area contributed by atoms with Crippen LogP contribution in [0.15, 0.2) is 12.1 Å². The lowest BCUT2D eigenvalue weighted by Crippen LogP contribution is -2.44. The molecule has 1 aliphatic heterocycles. The van der Waals surface area contributed by atoms with Crippen LogP contribution in [0.3, 0.4) is 0 Å². The van der Waals surface area contributed by atoms with Gasteiger partial charge in [0.15, 0.2) is 0 Å². The van der Waals surface area contributed by atoms with Crippen LogP contribution in [0, 0.1) is 6.92 Å². The smallest absolute Gasteiger partial charge is 0.0618 e. The number of aryl methyl sites for hydroxylation is 1. The third-order valence-corrected chi connectivity index (χ3v) is 3.37. The zero-order chi connectivity index (χ0) is 11.4. The number of pyridine rings is 1. The van der Waals surface area contributed by atoms with Crippen LogP contribution >= 0.6 is 11.6 Å². The molecule has 4 heteroatoms. The van der Waals surface area contributed by atoms with E-state index in [-0.39, 0.29) is 0 Å². The van der Waals surface area contributed by atoms with Crippen molar-refractivity contribution in [3.8, 4) is 0 Å². The Morgan fingerprint density at radius 1 is 1.38 bits per heavy atom. The van der Waals surface area contributed by atoms with Crippen molar-refractivity contribution in [1.82, 2.24) is 15.2 Å². The van der Waals surface area contributed by atoms with Gasteiger partial charge in [-0.1, -0.05) is 11.6 Å². The average Bonchev–Trinajstić information content (AvgIpc) is 2.32. The second-order valence-electron chi connectivity index (χ2n) is 4.21. The Morgan fingerprint density at radius 3 is 2.81 bits per heavy atom. The zero-order valence-corrected chi connectivity index (χ0v) is 10.4. The number of hydrogen-bond acceptors (Lipinski definition) is 3. The summed E-state index contributed by atoms with van der Waals surface area (Å²) in [6, 6.07) is 3.97. The number of halogens is 1. The van der Waals surface area contributed by atoms with Crippen LogP contribution in [0.1, 0.15) is 11.4 Å². The molecule has 0 aliphatic carbocycles. The Morgan fingerprint density at radius 2 is 2.12 bits per heavy atom. The molecule has 0 atom stereocenters. The minimum absolute atomic E-state index is 0.755. The Bertz CT molecular complexity index is 348. The maximum atomic E-state index is 5.95. The van der Waals surface area contributed by atoms with Crippen LogP contribution in [0.5, 0.6) is 0 Å². The Hall–Kier alpha value is -0.640. The standard InChI is InChI=1S/C12H18ClN3/c1-10-12(13)3-2-11(15-10)4-7-16-8-5-14-6-9-16/h2-3,14H,4-9H2,1H3. The summed E-state index contributed by atoms with van der Waals surface area (Å²) >= 11 is 5.95. The highest BCUT2D eigenvalue weighted by molar-refractivity contribution is 6.31. The fraction of sp³-hybridized carbons (Fsp3) is 0.583. The van der Waals surface area contributed by atoms with Crippen molar-refractivity contribution in [2.75, 3.05) is 32.7 Å². The lowest BCUT2D eigenvalue weighted by Gasteiger charge is -2.26. The number of nitrogens with zero attached hydrogens (tertiary/aromatic N) is 2. The van der Waals surface area contributed by atoms with Crippen molar-refractivity contribution in [1.29, 1.82) is 0 Å². The van der Waals surface area contributed by atoms with Gasteiger partial charge in [0.2, 0.25) is 0 Å². The van der Waals surface area contributed by atoms with Crippen LogP contribution in [-0.4, -0.2) is 42.6 Å². The van der Waals surface area contributed by atoms with Crippen molar-refractivity contribution in [3.63, 3.8) is 0 Å². The first-order chi connectivity index (χ1) is 7.75. The summed E-state index contributed by atoms with van der Waals surface area (Å²) < 4.78 is 0. The molecule has 0 amide bonds. The molecule has 0 unspecified atom stereocenters. The van der Waals surface area contributed by atoms with Crippen LogP contribution < -0.4 is 5.32 Å². The first-order valence-corrected chi connectivity index (χ1v) is 6.18. The summed E-state index contributed by atoms with van der Waals surface area (Å²) in [4.78, 5) is 6.96. The van der Waals surface area contributed by atoms with Gasteiger partial charge < -0.3 is 10.2 Å². The summed E-state index contributed by atoms with van der Waals surface area (Å²) in [7, 11) is 0. The largest absolute Gasteiger partial charge is 0.314 e. The molecule has 1 aliphatic rings. The van der Waals surface area contributed by atoms with E-state index in [0.29, 0.717) is 0 Å². The fourth-order valence-electron chi connectivity index (χ4n) is 1.94. The maximum absolute atomic E-state index is 5.95. The van der Waals surface area contributed by atoms with E-state index >= 15 is 0 Å². The average molecular weight is 240 g/mol. The van der Waals surface area contributed by atoms with Crippen molar-refractivity contribution < 1.29 is 0 Å². The summed E-state index contributed by atoms with van der Waals surface area (Å²) in [6.45, 7) is 7.55. The molecule has 0 radical (unpaired) electrons. The lowest BCUT2D eigenvalue weighted by atomic mass is 10.2. The molecular formula is C12H18ClN3. The van der Waals surface area contributed by atoms with Crippen molar-refractivity contribution >= 4 is 11.6 Å². The van der Waals surface area contributed by atoms with Gasteiger partial charge in [-0.05, 0) is 19.1 Å². The van der Waals surface area contributed by atoms with Gasteiger partial charge in [0.05, 0.1) is 10.7 Å². The van der Waals surface area contributed by atoms with Gasteiger partial charge in [0.1, 0.15) is 0 Å². The Labute approximate surface area is 102 Å². The number of nitrogens with one attached hydrogen (secondary N) is 1. The molecule has 1 fully saturated rings. The molecule has 2 rings (SSSR count). The first-order valence-electron chi connectivity index (χ1n) is 5.81. The predicted octanol–water partition coefficient (Wildman–Crippen LogP) is 1.49. The molecule has 1 aromatic heterocycles. The van der Waals surface area contributed by atoms with Crippen molar-refractivity contribution in [2.45, 2.75) is 13.3 Å². The van der Waals surface area contributed by atoms with Gasteiger partial charge in [-0.2, -0.15) is 0 Å². The van der Waals surface area contributed by atoms with E-state index in [9.17, 15) is 0 Å². The van der Waals surface area contributed by atoms with Crippen molar-refractivity contribution in [2.24, 2.45) is 0 Å². The summed E-state index contributed by atoms with van der Waals surface area (Å²) in [5, 5.41) is 4.11. The molecule has 3 nitrogen and oxygen atoms in total. The van der Waals surface area contributed by atoms with Gasteiger partial charge >= 0.3 is 0 Å². The summed E-state index contributed by atoms with van der Waals surface area (Å²) in [5.74, 6) is 0. The van der Waals surface area contributed by atoms with Crippen LogP contribution in [0.4, 0.5) is 0 Å². The highest BCUT2D eigenvalue weighted by Crippen LogP contribution is 2.13. The van der Waals surface area contributed by atoms with Crippen LogP contribution in [0.25, 0.3) is 0 Å². The van der Waals surface area contributed by atoms with Crippen LogP contribution in [-0.2, 0) is 6.42 Å². The van der Waals surface area contributed by atoms with Gasteiger partial charge in [-0.15, -0.1) is 0 Å². The van der Waals surface area contributed by atoms with E-state index in [4.69, 9.17) is 11.6 Å². The van der Waals surface area contributed by atoms with Crippen molar-refractivity contribution in [3.05, 3.63) is 28.5 Å². The van der Waals surface area contributed by atoms with E-state index in [1.54, 1.807) is 0 Å². The molecule has 0 saturated carbocycles. The Balaban J connectivity index is 1.86. The lowest BCUT2D eigenvalue weighted by molar-refractivity contribution is 0.243. The predicted molar refractivity (Wildman–Crippen MR) is 67.0 cm³/mol. The minimum Gasteiger partial charge on any atom is -0.314 e. The Kier molecular flexibility index (Phi) is 4.16. The SMILES string of the molecule is Cc1nc(CCN2CCNCC2)ccc1Cl. The first kappa shape index (κ1) is 11.8. The minimum atomic E-state index is 0.755.